The van der Waals surface area contributed by atoms with Crippen molar-refractivity contribution in [2.75, 3.05) is 38.2 Å². The Morgan fingerprint density at radius 2 is 1.68 bits per heavy atom. The molecule has 31 heavy (non-hydrogen) atoms. The van der Waals surface area contributed by atoms with Crippen molar-refractivity contribution in [2.45, 2.75) is 19.8 Å². The zero-order chi connectivity index (χ0) is 20.9. The van der Waals surface area contributed by atoms with Crippen LogP contribution in [0.4, 0.5) is 5.95 Å². The van der Waals surface area contributed by atoms with Crippen molar-refractivity contribution in [3.63, 3.8) is 0 Å². The summed E-state index contributed by atoms with van der Waals surface area (Å²) in [6, 6.07) is 16.4. The highest BCUT2D eigenvalue weighted by Gasteiger charge is 2.23. The van der Waals surface area contributed by atoms with E-state index in [4.69, 9.17) is 4.74 Å². The Hall–Kier alpha value is -2.99. The first kappa shape index (κ1) is 22.7. The maximum absolute atomic E-state index is 12.7. The van der Waals surface area contributed by atoms with E-state index in [-0.39, 0.29) is 18.3 Å². The molecule has 2 aromatic carbocycles. The second-order valence-electron chi connectivity index (χ2n) is 7.65. The third kappa shape index (κ3) is 5.39. The fourth-order valence-electron chi connectivity index (χ4n) is 3.79. The van der Waals surface area contributed by atoms with Gasteiger partial charge in [-0.05, 0) is 43.2 Å². The fourth-order valence-corrected chi connectivity index (χ4v) is 3.79. The zero-order valence-corrected chi connectivity index (χ0v) is 18.8. The molecule has 0 unspecified atom stereocenters. The number of amides is 1. The second-order valence-corrected chi connectivity index (χ2v) is 7.65. The van der Waals surface area contributed by atoms with Crippen LogP contribution in [-0.2, 0) is 11.2 Å². The molecule has 1 saturated heterocycles. The van der Waals surface area contributed by atoms with E-state index in [1.54, 1.807) is 7.11 Å². The van der Waals surface area contributed by atoms with Crippen LogP contribution in [0.25, 0.3) is 5.69 Å². The van der Waals surface area contributed by atoms with Gasteiger partial charge in [-0.1, -0.05) is 29.8 Å². The third-order valence-electron chi connectivity index (χ3n) is 5.64. The Balaban J connectivity index is 0.00000272. The van der Waals surface area contributed by atoms with Gasteiger partial charge in [0, 0.05) is 50.7 Å². The molecule has 1 aliphatic rings. The van der Waals surface area contributed by atoms with Crippen molar-refractivity contribution < 1.29 is 9.53 Å². The minimum absolute atomic E-state index is 0. The highest BCUT2D eigenvalue weighted by Crippen LogP contribution is 2.20. The van der Waals surface area contributed by atoms with Gasteiger partial charge in [0.15, 0.2) is 0 Å². The Morgan fingerprint density at radius 1 is 1.00 bits per heavy atom. The lowest BCUT2D eigenvalue weighted by Crippen LogP contribution is -2.49. The van der Waals surface area contributed by atoms with Gasteiger partial charge < -0.3 is 14.5 Å². The van der Waals surface area contributed by atoms with Crippen LogP contribution in [0.1, 0.15) is 17.5 Å². The maximum Gasteiger partial charge on any atom is 0.223 e. The molecule has 164 valence electrons. The number of aromatic nitrogens is 2. The van der Waals surface area contributed by atoms with Gasteiger partial charge in [0.05, 0.1) is 7.11 Å². The van der Waals surface area contributed by atoms with Crippen molar-refractivity contribution in [3.8, 4) is 11.4 Å². The van der Waals surface area contributed by atoms with E-state index in [9.17, 15) is 4.79 Å². The lowest BCUT2D eigenvalue weighted by Gasteiger charge is -2.35. The highest BCUT2D eigenvalue weighted by atomic mass is 35.5. The number of carbonyl (C=O) groups excluding carboxylic acids is 1. The molecule has 0 bridgehead atoms. The number of hydrogen-bond acceptors (Lipinski definition) is 4. The number of halogens is 1. The molecule has 7 heteroatoms. The summed E-state index contributed by atoms with van der Waals surface area (Å²) in [7, 11) is 1.66. The highest BCUT2D eigenvalue weighted by molar-refractivity contribution is 5.85. The summed E-state index contributed by atoms with van der Waals surface area (Å²) in [4.78, 5) is 21.5. The van der Waals surface area contributed by atoms with Gasteiger partial charge in [-0.15, -0.1) is 12.4 Å². The molecule has 0 aliphatic carbocycles. The van der Waals surface area contributed by atoms with Crippen LogP contribution in [-0.4, -0.2) is 53.6 Å². The minimum Gasteiger partial charge on any atom is -0.497 e. The summed E-state index contributed by atoms with van der Waals surface area (Å²) in [5, 5.41) is 0. The number of aryl methyl sites for hydroxylation is 2. The van der Waals surface area contributed by atoms with E-state index in [2.05, 4.69) is 45.6 Å². The van der Waals surface area contributed by atoms with Gasteiger partial charge in [-0.2, -0.15) is 0 Å². The standard InChI is InChI=1S/C24H28N4O2.ClH/c1-19-3-8-21(9-4-19)28-14-13-25-24(28)27-17-15-26(16-18-27)23(29)12-7-20-5-10-22(30-2)11-6-20;/h3-6,8-11,13-14H,7,12,15-18H2,1-2H3;1H. The molecule has 0 saturated carbocycles. The number of hydrogen-bond donors (Lipinski definition) is 0. The van der Waals surface area contributed by atoms with Gasteiger partial charge in [-0.25, -0.2) is 4.98 Å². The van der Waals surface area contributed by atoms with Crippen LogP contribution in [0, 0.1) is 6.92 Å². The molecule has 0 radical (unpaired) electrons. The number of ether oxygens (including phenoxy) is 1. The molecule has 0 N–H and O–H groups in total. The van der Waals surface area contributed by atoms with E-state index in [1.165, 1.54) is 5.56 Å². The van der Waals surface area contributed by atoms with Crippen LogP contribution >= 0.6 is 12.4 Å². The van der Waals surface area contributed by atoms with E-state index in [0.29, 0.717) is 6.42 Å². The van der Waals surface area contributed by atoms with Crippen molar-refractivity contribution in [3.05, 3.63) is 72.1 Å². The van der Waals surface area contributed by atoms with Crippen molar-refractivity contribution >= 4 is 24.3 Å². The number of benzene rings is 2. The molecule has 1 fully saturated rings. The first-order valence-electron chi connectivity index (χ1n) is 10.4. The number of imidazole rings is 1. The minimum atomic E-state index is 0. The summed E-state index contributed by atoms with van der Waals surface area (Å²) >= 11 is 0. The van der Waals surface area contributed by atoms with Gasteiger partial charge in [0.1, 0.15) is 5.75 Å². The molecular formula is C24H29ClN4O2. The molecule has 0 atom stereocenters. The number of methoxy groups -OCH3 is 1. The average Bonchev–Trinajstić information content (AvgIpc) is 3.28. The smallest absolute Gasteiger partial charge is 0.223 e. The molecule has 2 heterocycles. The van der Waals surface area contributed by atoms with E-state index < -0.39 is 0 Å². The van der Waals surface area contributed by atoms with E-state index in [0.717, 1.165) is 55.5 Å². The molecule has 4 rings (SSSR count). The average molecular weight is 441 g/mol. The van der Waals surface area contributed by atoms with Gasteiger partial charge in [0.25, 0.3) is 0 Å². The van der Waals surface area contributed by atoms with Crippen molar-refractivity contribution in [2.24, 2.45) is 0 Å². The van der Waals surface area contributed by atoms with Crippen molar-refractivity contribution in [1.82, 2.24) is 14.5 Å². The second kappa shape index (κ2) is 10.4. The molecule has 6 nitrogen and oxygen atoms in total. The maximum atomic E-state index is 12.7. The monoisotopic (exact) mass is 440 g/mol. The van der Waals surface area contributed by atoms with Crippen molar-refractivity contribution in [1.29, 1.82) is 0 Å². The summed E-state index contributed by atoms with van der Waals surface area (Å²) < 4.78 is 7.30. The summed E-state index contributed by atoms with van der Waals surface area (Å²) in [5.41, 5.74) is 3.50. The number of carbonyl (C=O) groups is 1. The Morgan fingerprint density at radius 3 is 2.32 bits per heavy atom. The molecule has 0 spiro atoms. The first-order valence-corrected chi connectivity index (χ1v) is 10.4. The van der Waals surface area contributed by atoms with E-state index >= 15 is 0 Å². The Labute approximate surface area is 189 Å². The third-order valence-corrected chi connectivity index (χ3v) is 5.64. The molecule has 3 aromatic rings. The Bertz CT molecular complexity index is 978. The van der Waals surface area contributed by atoms with Gasteiger partial charge in [0.2, 0.25) is 11.9 Å². The topological polar surface area (TPSA) is 50.6 Å². The number of anilines is 1. The fraction of sp³-hybridized carbons (Fsp3) is 0.333. The molecular weight excluding hydrogens is 412 g/mol. The number of rotatable bonds is 6. The first-order chi connectivity index (χ1) is 14.6. The Kier molecular flexibility index (Phi) is 7.58. The van der Waals surface area contributed by atoms with Gasteiger partial charge in [-0.3, -0.25) is 9.36 Å². The predicted molar refractivity (Wildman–Crippen MR) is 126 cm³/mol. The van der Waals surface area contributed by atoms with Crippen LogP contribution in [0.2, 0.25) is 0 Å². The summed E-state index contributed by atoms with van der Waals surface area (Å²) in [6.07, 6.45) is 5.11. The molecule has 1 amide bonds. The summed E-state index contributed by atoms with van der Waals surface area (Å²) in [5.74, 6) is 1.99. The summed E-state index contributed by atoms with van der Waals surface area (Å²) in [6.45, 7) is 5.11. The molecule has 1 aromatic heterocycles. The lowest BCUT2D eigenvalue weighted by molar-refractivity contribution is -0.131. The van der Waals surface area contributed by atoms with Crippen LogP contribution in [0.5, 0.6) is 5.75 Å². The van der Waals surface area contributed by atoms with Crippen LogP contribution in [0.15, 0.2) is 60.9 Å². The SMILES string of the molecule is COc1ccc(CCC(=O)N2CCN(c3nccn3-c3ccc(C)cc3)CC2)cc1.Cl. The molecule has 1 aliphatic heterocycles. The van der Waals surface area contributed by atoms with E-state index in [1.807, 2.05) is 41.6 Å². The quantitative estimate of drug-likeness (QED) is 0.583. The van der Waals surface area contributed by atoms with Crippen LogP contribution < -0.4 is 9.64 Å². The predicted octanol–water partition coefficient (Wildman–Crippen LogP) is 3.89. The normalized spacial score (nSPS) is 13.6. The van der Waals surface area contributed by atoms with Gasteiger partial charge >= 0.3 is 0 Å². The zero-order valence-electron chi connectivity index (χ0n) is 18.0. The largest absolute Gasteiger partial charge is 0.497 e. The number of piperazine rings is 1. The number of nitrogens with zero attached hydrogens (tertiary/aromatic N) is 4. The lowest BCUT2D eigenvalue weighted by atomic mass is 10.1. The van der Waals surface area contributed by atoms with Crippen LogP contribution in [0.3, 0.4) is 0 Å².